The Kier molecular flexibility index (Phi) is 4.37. The van der Waals surface area contributed by atoms with Crippen LogP contribution < -0.4 is 5.14 Å². The fourth-order valence-electron chi connectivity index (χ4n) is 3.17. The average molecular weight is 397 g/mol. The van der Waals surface area contributed by atoms with Gasteiger partial charge in [0.25, 0.3) is 10.0 Å². The first-order valence-corrected chi connectivity index (χ1v) is 9.92. The molecule has 3 aromatic rings. The van der Waals surface area contributed by atoms with E-state index < -0.39 is 27.7 Å². The first-order chi connectivity index (χ1) is 13.3. The van der Waals surface area contributed by atoms with Gasteiger partial charge in [0.2, 0.25) is 10.9 Å². The Balaban J connectivity index is 1.47. The van der Waals surface area contributed by atoms with E-state index in [4.69, 9.17) is 14.3 Å². The van der Waals surface area contributed by atoms with Gasteiger partial charge >= 0.3 is 5.97 Å². The number of esters is 1. The number of Topliss-reactive ketones (excluding diaryl/α,β-unsaturated/α-hetero) is 1. The zero-order chi connectivity index (χ0) is 19.9. The largest absolute Gasteiger partial charge is 0.451 e. The minimum absolute atomic E-state index is 0.347. The number of primary sulfonamides is 1. The van der Waals surface area contributed by atoms with Crippen molar-refractivity contribution in [2.75, 3.05) is 6.61 Å². The van der Waals surface area contributed by atoms with Gasteiger partial charge in [-0.1, -0.05) is 36.4 Å². The molecule has 0 amide bonds. The SMILES string of the molecule is NS(=O)(=O)c1ccc(C(=O)OCC(=O)c2ccc3c(c2)-c2ccccc2C3)o1. The molecule has 8 heteroatoms. The maximum absolute atomic E-state index is 12.4. The summed E-state index contributed by atoms with van der Waals surface area (Å²) in [4.78, 5) is 24.4. The molecule has 0 bridgehead atoms. The maximum Gasteiger partial charge on any atom is 0.374 e. The van der Waals surface area contributed by atoms with Crippen molar-refractivity contribution in [2.45, 2.75) is 11.5 Å². The van der Waals surface area contributed by atoms with Crippen LogP contribution in [0.4, 0.5) is 0 Å². The lowest BCUT2D eigenvalue weighted by Gasteiger charge is -2.06. The van der Waals surface area contributed by atoms with Gasteiger partial charge in [-0.15, -0.1) is 0 Å². The third-order valence-electron chi connectivity index (χ3n) is 4.52. The molecule has 4 rings (SSSR count). The maximum atomic E-state index is 12.4. The number of hydrogen-bond acceptors (Lipinski definition) is 6. The molecule has 0 fully saturated rings. The molecule has 0 unspecified atom stereocenters. The second kappa shape index (κ2) is 6.74. The minimum Gasteiger partial charge on any atom is -0.451 e. The third kappa shape index (κ3) is 3.35. The predicted molar refractivity (Wildman–Crippen MR) is 99.4 cm³/mol. The summed E-state index contributed by atoms with van der Waals surface area (Å²) >= 11 is 0. The summed E-state index contributed by atoms with van der Waals surface area (Å²) in [6.45, 7) is -0.495. The van der Waals surface area contributed by atoms with Gasteiger partial charge in [-0.25, -0.2) is 18.4 Å². The average Bonchev–Trinajstić information content (AvgIpc) is 3.30. The van der Waals surface area contributed by atoms with Gasteiger partial charge in [-0.2, -0.15) is 0 Å². The van der Waals surface area contributed by atoms with E-state index in [1.54, 1.807) is 12.1 Å². The second-order valence-corrected chi connectivity index (χ2v) is 7.86. The number of furan rings is 1. The zero-order valence-electron chi connectivity index (χ0n) is 14.5. The highest BCUT2D eigenvalue weighted by Crippen LogP contribution is 2.36. The quantitative estimate of drug-likeness (QED) is 0.409. The Labute approximate surface area is 160 Å². The molecule has 28 heavy (non-hydrogen) atoms. The van der Waals surface area contributed by atoms with Crippen molar-refractivity contribution in [2.24, 2.45) is 5.14 Å². The summed E-state index contributed by atoms with van der Waals surface area (Å²) in [5.74, 6) is -1.67. The Bertz CT molecular complexity index is 1210. The van der Waals surface area contributed by atoms with Crippen LogP contribution in [0.5, 0.6) is 0 Å². The lowest BCUT2D eigenvalue weighted by atomic mass is 10.0. The molecule has 0 spiro atoms. The standard InChI is InChI=1S/C20H15NO6S/c21-28(24,25)19-8-7-18(27-19)20(23)26-11-17(22)14-6-5-13-9-12-3-1-2-4-15(12)16(13)10-14/h1-8,10H,9,11H2,(H2,21,24,25). The number of sulfonamides is 1. The number of carbonyl (C=O) groups excluding carboxylic acids is 2. The van der Waals surface area contributed by atoms with Gasteiger partial charge in [0.05, 0.1) is 0 Å². The number of fused-ring (bicyclic) bond motifs is 3. The normalized spacial score (nSPS) is 12.3. The van der Waals surface area contributed by atoms with E-state index >= 15 is 0 Å². The van der Waals surface area contributed by atoms with Crippen LogP contribution in [0.1, 0.15) is 32.0 Å². The first kappa shape index (κ1) is 18.1. The van der Waals surface area contributed by atoms with Crippen LogP contribution >= 0.6 is 0 Å². The third-order valence-corrected chi connectivity index (χ3v) is 5.30. The predicted octanol–water partition coefficient (Wildman–Crippen LogP) is 2.54. The van der Waals surface area contributed by atoms with Crippen LogP contribution in [0.2, 0.25) is 0 Å². The van der Waals surface area contributed by atoms with E-state index in [0.29, 0.717) is 5.56 Å². The summed E-state index contributed by atoms with van der Waals surface area (Å²) in [5, 5.41) is 4.37. The molecule has 1 aliphatic carbocycles. The van der Waals surface area contributed by atoms with E-state index in [9.17, 15) is 18.0 Å². The van der Waals surface area contributed by atoms with Crippen molar-refractivity contribution in [1.29, 1.82) is 0 Å². The van der Waals surface area contributed by atoms with Crippen LogP contribution in [-0.2, 0) is 21.2 Å². The molecule has 1 heterocycles. The van der Waals surface area contributed by atoms with E-state index in [1.807, 2.05) is 24.3 Å². The van der Waals surface area contributed by atoms with Crippen molar-refractivity contribution >= 4 is 21.8 Å². The Morgan fingerprint density at radius 2 is 1.75 bits per heavy atom. The lowest BCUT2D eigenvalue weighted by molar-refractivity contribution is 0.0439. The number of hydrogen-bond donors (Lipinski definition) is 1. The van der Waals surface area contributed by atoms with E-state index in [-0.39, 0.29) is 11.5 Å². The highest BCUT2D eigenvalue weighted by atomic mass is 32.2. The number of rotatable bonds is 5. The molecule has 0 radical (unpaired) electrons. The number of benzene rings is 2. The van der Waals surface area contributed by atoms with Crippen LogP contribution in [0.3, 0.4) is 0 Å². The van der Waals surface area contributed by atoms with Crippen LogP contribution in [0.25, 0.3) is 11.1 Å². The number of carbonyl (C=O) groups is 2. The van der Waals surface area contributed by atoms with E-state index in [1.165, 1.54) is 5.56 Å². The molecule has 142 valence electrons. The molecule has 0 atom stereocenters. The van der Waals surface area contributed by atoms with Crippen LogP contribution in [-0.4, -0.2) is 26.8 Å². The van der Waals surface area contributed by atoms with Crippen LogP contribution in [0, 0.1) is 0 Å². The molecule has 1 aromatic heterocycles. The van der Waals surface area contributed by atoms with Crippen molar-refractivity contribution in [3.8, 4) is 11.1 Å². The second-order valence-electron chi connectivity index (χ2n) is 6.37. The van der Waals surface area contributed by atoms with Gasteiger partial charge in [0.15, 0.2) is 12.4 Å². The molecular weight excluding hydrogens is 382 g/mol. The summed E-state index contributed by atoms with van der Waals surface area (Å²) < 4.78 is 32.1. The molecule has 1 aliphatic rings. The summed E-state index contributed by atoms with van der Waals surface area (Å²) in [6.07, 6.45) is 0.819. The topological polar surface area (TPSA) is 117 Å². The number of ether oxygens (including phenoxy) is 1. The van der Waals surface area contributed by atoms with Crippen molar-refractivity contribution in [1.82, 2.24) is 0 Å². The van der Waals surface area contributed by atoms with E-state index in [0.717, 1.165) is 35.2 Å². The molecule has 0 saturated carbocycles. The molecule has 0 saturated heterocycles. The van der Waals surface area contributed by atoms with Gasteiger partial charge in [-0.05, 0) is 46.9 Å². The fourth-order valence-corrected chi connectivity index (χ4v) is 3.63. The fraction of sp³-hybridized carbons (Fsp3) is 0.100. The summed E-state index contributed by atoms with van der Waals surface area (Å²) in [5.41, 5.74) is 4.86. The molecule has 0 aliphatic heterocycles. The smallest absolute Gasteiger partial charge is 0.374 e. The van der Waals surface area contributed by atoms with Crippen molar-refractivity contribution in [3.63, 3.8) is 0 Å². The Morgan fingerprint density at radius 1 is 1.00 bits per heavy atom. The van der Waals surface area contributed by atoms with Gasteiger partial charge in [0, 0.05) is 5.56 Å². The van der Waals surface area contributed by atoms with Crippen LogP contribution in [0.15, 0.2) is 64.1 Å². The van der Waals surface area contributed by atoms with E-state index in [2.05, 4.69) is 6.07 Å². The zero-order valence-corrected chi connectivity index (χ0v) is 15.4. The first-order valence-electron chi connectivity index (χ1n) is 8.37. The van der Waals surface area contributed by atoms with Gasteiger partial charge < -0.3 is 9.15 Å². The summed E-state index contributed by atoms with van der Waals surface area (Å²) in [7, 11) is -4.06. The number of ketones is 1. The minimum atomic E-state index is -4.06. The number of nitrogens with two attached hydrogens (primary N) is 1. The molecule has 7 nitrogen and oxygen atoms in total. The Hall–Kier alpha value is -3.23. The van der Waals surface area contributed by atoms with Gasteiger partial charge in [0.1, 0.15) is 0 Å². The highest BCUT2D eigenvalue weighted by Gasteiger charge is 2.22. The summed E-state index contributed by atoms with van der Waals surface area (Å²) in [6, 6.07) is 15.6. The van der Waals surface area contributed by atoms with Crippen molar-refractivity contribution in [3.05, 3.63) is 77.0 Å². The molecule has 2 N–H and O–H groups in total. The monoisotopic (exact) mass is 397 g/mol. The molecular formula is C20H15NO6S. The van der Waals surface area contributed by atoms with Crippen molar-refractivity contribution < 1.29 is 27.2 Å². The van der Waals surface area contributed by atoms with Gasteiger partial charge in [-0.3, -0.25) is 4.79 Å². The Morgan fingerprint density at radius 3 is 2.50 bits per heavy atom. The molecule has 2 aromatic carbocycles. The lowest BCUT2D eigenvalue weighted by Crippen LogP contribution is -2.14. The highest BCUT2D eigenvalue weighted by molar-refractivity contribution is 7.89.